The minimum Gasteiger partial charge on any atom is -0.481 e. The second-order valence-corrected chi connectivity index (χ2v) is 3.98. The van der Waals surface area contributed by atoms with Gasteiger partial charge in [-0.2, -0.15) is 0 Å². The summed E-state index contributed by atoms with van der Waals surface area (Å²) in [5, 5.41) is 43.6. The van der Waals surface area contributed by atoms with E-state index in [0.29, 0.717) is 0 Å². The van der Waals surface area contributed by atoms with Crippen LogP contribution in [-0.2, 0) is 28.7 Å². The zero-order valence-corrected chi connectivity index (χ0v) is 10.4. The normalized spacial score (nSPS) is 12.4. The lowest BCUT2D eigenvalue weighted by molar-refractivity contribution is -0.194. The summed E-state index contributed by atoms with van der Waals surface area (Å²) in [6, 6.07) is 0. The summed E-state index contributed by atoms with van der Waals surface area (Å²) in [6.45, 7) is 0. The molecule has 0 aliphatic rings. The summed E-state index contributed by atoms with van der Waals surface area (Å²) in [4.78, 5) is 53.8. The third-order valence-corrected chi connectivity index (χ3v) is 2.27. The van der Waals surface area contributed by atoms with Crippen LogP contribution < -0.4 is 0 Å². The van der Waals surface area contributed by atoms with Crippen LogP contribution >= 0.6 is 0 Å². The number of ether oxygens (including phenoxy) is 1. The fourth-order valence-corrected chi connectivity index (χ4v) is 1.45. The molecular weight excluding hydrogens is 296 g/mol. The Morgan fingerprint density at radius 3 is 1.48 bits per heavy atom. The molecule has 5 N–H and O–H groups in total. The molecular formula is C10H12O11. The molecule has 0 radical (unpaired) electrons. The number of hydrogen-bond donors (Lipinski definition) is 5. The molecule has 11 nitrogen and oxygen atoms in total. The third-order valence-electron chi connectivity index (χ3n) is 2.27. The van der Waals surface area contributed by atoms with Crippen LogP contribution in [0, 0.1) is 0 Å². The van der Waals surface area contributed by atoms with Gasteiger partial charge in [-0.1, -0.05) is 0 Å². The zero-order chi connectivity index (χ0) is 16.8. The van der Waals surface area contributed by atoms with E-state index in [2.05, 4.69) is 4.74 Å². The predicted octanol–water partition coefficient (Wildman–Crippen LogP) is -1.30. The van der Waals surface area contributed by atoms with Gasteiger partial charge in [-0.3, -0.25) is 14.4 Å². The van der Waals surface area contributed by atoms with Crippen molar-refractivity contribution in [3.63, 3.8) is 0 Å². The smallest absolute Gasteiger partial charge is 0.337 e. The van der Waals surface area contributed by atoms with E-state index in [1.807, 2.05) is 0 Å². The third kappa shape index (κ3) is 5.86. The first-order valence-corrected chi connectivity index (χ1v) is 5.29. The molecule has 118 valence electrons. The number of carboxylic acid groups (broad SMARTS) is 5. The van der Waals surface area contributed by atoms with E-state index in [9.17, 15) is 24.0 Å². The Morgan fingerprint density at radius 1 is 0.810 bits per heavy atom. The second-order valence-electron chi connectivity index (χ2n) is 3.98. The van der Waals surface area contributed by atoms with Crippen molar-refractivity contribution in [2.45, 2.75) is 31.0 Å². The van der Waals surface area contributed by atoms with Crippen LogP contribution in [0.2, 0.25) is 0 Å². The van der Waals surface area contributed by atoms with Crippen LogP contribution in [0.3, 0.4) is 0 Å². The largest absolute Gasteiger partial charge is 0.481 e. The highest BCUT2D eigenvalue weighted by molar-refractivity contribution is 5.89. The van der Waals surface area contributed by atoms with Crippen molar-refractivity contribution >= 4 is 29.8 Å². The first-order valence-electron chi connectivity index (χ1n) is 5.29. The number of aliphatic carboxylic acids is 5. The summed E-state index contributed by atoms with van der Waals surface area (Å²) in [7, 11) is 0. The Morgan fingerprint density at radius 2 is 1.24 bits per heavy atom. The summed E-state index contributed by atoms with van der Waals surface area (Å²) >= 11 is 0. The molecule has 0 heterocycles. The highest BCUT2D eigenvalue weighted by Gasteiger charge is 2.47. The van der Waals surface area contributed by atoms with Crippen molar-refractivity contribution in [2.24, 2.45) is 0 Å². The zero-order valence-electron chi connectivity index (χ0n) is 10.4. The van der Waals surface area contributed by atoms with Gasteiger partial charge in [-0.25, -0.2) is 9.59 Å². The molecule has 0 aliphatic carbocycles. The summed E-state index contributed by atoms with van der Waals surface area (Å²) < 4.78 is 4.55. The lowest BCUT2D eigenvalue weighted by atomic mass is 9.94. The molecule has 21 heavy (non-hydrogen) atoms. The Hall–Kier alpha value is -2.69. The summed E-state index contributed by atoms with van der Waals surface area (Å²) in [5.41, 5.74) is -2.89. The fourth-order valence-electron chi connectivity index (χ4n) is 1.45. The van der Waals surface area contributed by atoms with Gasteiger partial charge in [-0.15, -0.1) is 0 Å². The van der Waals surface area contributed by atoms with Gasteiger partial charge in [0, 0.05) is 0 Å². The van der Waals surface area contributed by atoms with Crippen LogP contribution in [0.15, 0.2) is 0 Å². The molecule has 0 aromatic rings. The maximum absolute atomic E-state index is 11.1. The van der Waals surface area contributed by atoms with Gasteiger partial charge >= 0.3 is 29.8 Å². The lowest BCUT2D eigenvalue weighted by Gasteiger charge is -2.29. The molecule has 0 aromatic carbocycles. The minimum absolute atomic E-state index is 1.16. The molecule has 0 bridgehead atoms. The quantitative estimate of drug-likeness (QED) is 0.321. The van der Waals surface area contributed by atoms with Crippen molar-refractivity contribution < 1.29 is 54.2 Å². The van der Waals surface area contributed by atoms with E-state index >= 15 is 0 Å². The van der Waals surface area contributed by atoms with Crippen LogP contribution in [0.4, 0.5) is 0 Å². The maximum atomic E-state index is 11.1. The Balaban J connectivity index is 5.57. The summed E-state index contributed by atoms with van der Waals surface area (Å²) in [5.74, 6) is -9.04. The molecule has 0 saturated carbocycles. The van der Waals surface area contributed by atoms with Crippen molar-refractivity contribution in [1.29, 1.82) is 0 Å². The van der Waals surface area contributed by atoms with Crippen LogP contribution in [0.1, 0.15) is 19.3 Å². The minimum atomic E-state index is -2.89. The van der Waals surface area contributed by atoms with Crippen molar-refractivity contribution in [2.75, 3.05) is 0 Å². The highest BCUT2D eigenvalue weighted by atomic mass is 16.6. The summed E-state index contributed by atoms with van der Waals surface area (Å²) in [6.07, 6.45) is -6.07. The maximum Gasteiger partial charge on any atom is 0.337 e. The van der Waals surface area contributed by atoms with Crippen LogP contribution in [-0.4, -0.2) is 67.1 Å². The van der Waals surface area contributed by atoms with Crippen molar-refractivity contribution in [3.8, 4) is 0 Å². The molecule has 0 saturated heterocycles. The molecule has 0 spiro atoms. The average Bonchev–Trinajstić information content (AvgIpc) is 2.24. The van der Waals surface area contributed by atoms with Gasteiger partial charge in [0.1, 0.15) is 0 Å². The number of hydrogen-bond acceptors (Lipinski definition) is 6. The number of carbonyl (C=O) groups is 5. The van der Waals surface area contributed by atoms with E-state index in [1.54, 1.807) is 0 Å². The average molecular weight is 308 g/mol. The molecule has 0 fully saturated rings. The van der Waals surface area contributed by atoms with E-state index in [0.717, 1.165) is 0 Å². The number of rotatable bonds is 10. The molecule has 0 rings (SSSR count). The molecule has 0 aliphatic heterocycles. The van der Waals surface area contributed by atoms with Gasteiger partial charge in [0.15, 0.2) is 11.7 Å². The second kappa shape index (κ2) is 7.19. The Labute approximate surface area is 116 Å². The van der Waals surface area contributed by atoms with Gasteiger partial charge in [-0.05, 0) is 0 Å². The van der Waals surface area contributed by atoms with E-state index in [4.69, 9.17) is 25.5 Å². The first kappa shape index (κ1) is 18.3. The lowest BCUT2D eigenvalue weighted by Crippen LogP contribution is -2.49. The van der Waals surface area contributed by atoms with E-state index in [-0.39, 0.29) is 0 Å². The Kier molecular flexibility index (Phi) is 6.27. The topological polar surface area (TPSA) is 196 Å². The number of carboxylic acids is 5. The molecule has 0 aromatic heterocycles. The molecule has 11 heteroatoms. The van der Waals surface area contributed by atoms with E-state index < -0.39 is 60.8 Å². The van der Waals surface area contributed by atoms with Crippen molar-refractivity contribution in [1.82, 2.24) is 0 Å². The Bertz CT molecular complexity index is 450. The fraction of sp³-hybridized carbons (Fsp3) is 0.500. The van der Waals surface area contributed by atoms with Gasteiger partial charge in [0.2, 0.25) is 0 Å². The monoisotopic (exact) mass is 308 g/mol. The van der Waals surface area contributed by atoms with Gasteiger partial charge < -0.3 is 30.3 Å². The SMILES string of the molecule is O=C(O)CC(OC(CC(=O)O)(CC(=O)O)C(=O)O)C(=O)O. The highest BCUT2D eigenvalue weighted by Crippen LogP contribution is 2.25. The van der Waals surface area contributed by atoms with Crippen molar-refractivity contribution in [3.05, 3.63) is 0 Å². The van der Waals surface area contributed by atoms with Crippen LogP contribution in [0.5, 0.6) is 0 Å². The van der Waals surface area contributed by atoms with Crippen LogP contribution in [0.25, 0.3) is 0 Å². The first-order chi connectivity index (χ1) is 9.50. The predicted molar refractivity (Wildman–Crippen MR) is 59.6 cm³/mol. The van der Waals surface area contributed by atoms with Gasteiger partial charge in [0.25, 0.3) is 0 Å². The molecule has 1 unspecified atom stereocenters. The molecule has 1 atom stereocenters. The standard InChI is InChI=1S/C10H12O11/c11-5(12)1-4(8(17)18)21-10(9(19)20,2-6(13)14)3-7(15)16/h4H,1-3H2,(H,11,12)(H,13,14)(H,15,16)(H,17,18)(H,19,20). The van der Waals surface area contributed by atoms with E-state index in [1.165, 1.54) is 0 Å². The van der Waals surface area contributed by atoms with Gasteiger partial charge in [0.05, 0.1) is 19.3 Å². The molecule has 0 amide bonds.